The summed E-state index contributed by atoms with van der Waals surface area (Å²) in [6, 6.07) is 15.0. The highest BCUT2D eigenvalue weighted by Crippen LogP contribution is 2.13. The number of benzene rings is 1. The summed E-state index contributed by atoms with van der Waals surface area (Å²) in [4.78, 5) is 16.5. The monoisotopic (exact) mass is 345 g/mol. The van der Waals surface area contributed by atoms with Gasteiger partial charge in [-0.15, -0.1) is 0 Å². The quantitative estimate of drug-likeness (QED) is 0.769. The summed E-state index contributed by atoms with van der Waals surface area (Å²) < 4.78 is 1.77. The van der Waals surface area contributed by atoms with Gasteiger partial charge < -0.3 is 5.32 Å². The van der Waals surface area contributed by atoms with Gasteiger partial charge in [0.1, 0.15) is 0 Å². The van der Waals surface area contributed by atoms with E-state index in [4.69, 9.17) is 5.26 Å². The van der Waals surface area contributed by atoms with Gasteiger partial charge in [0.2, 0.25) is 5.91 Å². The van der Waals surface area contributed by atoms with Gasteiger partial charge in [0.15, 0.2) is 5.82 Å². The lowest BCUT2D eigenvalue weighted by atomic mass is 10.1. The second kappa shape index (κ2) is 7.62. The number of aromatic nitrogens is 3. The Morgan fingerprint density at radius 3 is 2.54 bits per heavy atom. The van der Waals surface area contributed by atoms with Gasteiger partial charge in [-0.05, 0) is 56.2 Å². The molecule has 2 aromatic heterocycles. The molecule has 2 heterocycles. The third-order valence-corrected chi connectivity index (χ3v) is 3.98. The van der Waals surface area contributed by atoms with Gasteiger partial charge in [-0.1, -0.05) is 12.1 Å². The minimum atomic E-state index is -0.0741. The lowest BCUT2D eigenvalue weighted by Gasteiger charge is -2.07. The molecule has 0 atom stereocenters. The van der Waals surface area contributed by atoms with Crippen LogP contribution in [0.3, 0.4) is 0 Å². The zero-order valence-corrected chi connectivity index (χ0v) is 14.7. The van der Waals surface area contributed by atoms with Crippen LogP contribution in [-0.2, 0) is 11.2 Å². The van der Waals surface area contributed by atoms with Crippen molar-refractivity contribution in [2.45, 2.75) is 26.7 Å². The lowest BCUT2D eigenvalue weighted by Crippen LogP contribution is -2.13. The molecule has 130 valence electrons. The van der Waals surface area contributed by atoms with Crippen LogP contribution in [-0.4, -0.2) is 20.7 Å². The van der Waals surface area contributed by atoms with Crippen molar-refractivity contribution in [3.63, 3.8) is 0 Å². The molecule has 1 amide bonds. The number of hydrogen-bond donors (Lipinski definition) is 1. The Balaban J connectivity index is 1.57. The number of amides is 1. The second-order valence-corrected chi connectivity index (χ2v) is 6.10. The van der Waals surface area contributed by atoms with Crippen LogP contribution in [0.25, 0.3) is 5.82 Å². The van der Waals surface area contributed by atoms with Gasteiger partial charge >= 0.3 is 0 Å². The molecule has 0 saturated carbocycles. The van der Waals surface area contributed by atoms with Crippen LogP contribution in [0.15, 0.2) is 48.7 Å². The zero-order chi connectivity index (χ0) is 18.5. The number of aryl methyl sites for hydroxylation is 3. The van der Waals surface area contributed by atoms with Crippen molar-refractivity contribution in [1.82, 2.24) is 14.8 Å². The zero-order valence-electron chi connectivity index (χ0n) is 14.7. The van der Waals surface area contributed by atoms with Gasteiger partial charge in [-0.3, -0.25) is 4.79 Å². The highest BCUT2D eigenvalue weighted by Gasteiger charge is 2.07. The third kappa shape index (κ3) is 4.14. The smallest absolute Gasteiger partial charge is 0.224 e. The fourth-order valence-electron chi connectivity index (χ4n) is 2.67. The van der Waals surface area contributed by atoms with Gasteiger partial charge in [-0.25, -0.2) is 9.67 Å². The van der Waals surface area contributed by atoms with Crippen molar-refractivity contribution in [3.05, 3.63) is 71.2 Å². The van der Waals surface area contributed by atoms with Crippen molar-refractivity contribution in [2.75, 3.05) is 5.32 Å². The van der Waals surface area contributed by atoms with Gasteiger partial charge in [0, 0.05) is 12.1 Å². The van der Waals surface area contributed by atoms with Gasteiger partial charge in [0.25, 0.3) is 0 Å². The minimum absolute atomic E-state index is 0.0741. The molecule has 0 unspecified atom stereocenters. The molecule has 0 aliphatic heterocycles. The van der Waals surface area contributed by atoms with Crippen molar-refractivity contribution < 1.29 is 4.79 Å². The highest BCUT2D eigenvalue weighted by molar-refractivity contribution is 5.90. The Hall–Kier alpha value is -3.46. The number of carbonyl (C=O) groups is 1. The summed E-state index contributed by atoms with van der Waals surface area (Å²) in [5.41, 5.74) is 4.24. The molecule has 1 aromatic carbocycles. The normalized spacial score (nSPS) is 10.3. The number of pyridine rings is 1. The van der Waals surface area contributed by atoms with Crippen LogP contribution in [0.1, 0.15) is 28.9 Å². The standard InChI is InChI=1S/C20H19N5O/c1-14-11-15(2)25(24-14)19-9-8-18(13-22-19)23-20(26)10-7-16-3-5-17(12-21)6-4-16/h3-6,8-9,11,13H,7,10H2,1-2H3,(H,23,26). The number of nitrogens with zero attached hydrogens (tertiary/aromatic N) is 4. The Bertz CT molecular complexity index is 949. The Morgan fingerprint density at radius 1 is 1.19 bits per heavy atom. The Kier molecular flexibility index (Phi) is 5.09. The number of nitrogens with one attached hydrogen (secondary N) is 1. The van der Waals surface area contributed by atoms with E-state index >= 15 is 0 Å². The summed E-state index contributed by atoms with van der Waals surface area (Å²) in [6.45, 7) is 3.91. The van der Waals surface area contributed by atoms with Crippen molar-refractivity contribution in [1.29, 1.82) is 5.26 Å². The van der Waals surface area contributed by atoms with Crippen LogP contribution >= 0.6 is 0 Å². The lowest BCUT2D eigenvalue weighted by molar-refractivity contribution is -0.116. The molecule has 26 heavy (non-hydrogen) atoms. The first kappa shape index (κ1) is 17.4. The van der Waals surface area contributed by atoms with Crippen molar-refractivity contribution in [2.24, 2.45) is 0 Å². The SMILES string of the molecule is Cc1cc(C)n(-c2ccc(NC(=O)CCc3ccc(C#N)cc3)cn2)n1. The topological polar surface area (TPSA) is 83.6 Å². The first-order valence-electron chi connectivity index (χ1n) is 8.34. The van der Waals surface area contributed by atoms with E-state index in [1.54, 1.807) is 23.0 Å². The Morgan fingerprint density at radius 2 is 1.96 bits per heavy atom. The molecule has 1 N–H and O–H groups in total. The number of carbonyl (C=O) groups excluding carboxylic acids is 1. The average molecular weight is 345 g/mol. The fraction of sp³-hybridized carbons (Fsp3) is 0.200. The molecule has 0 fully saturated rings. The van der Waals surface area contributed by atoms with Crippen LogP contribution in [0, 0.1) is 25.2 Å². The van der Waals surface area contributed by atoms with E-state index in [0.29, 0.717) is 29.9 Å². The van der Waals surface area contributed by atoms with Crippen LogP contribution in [0.2, 0.25) is 0 Å². The number of hydrogen-bond acceptors (Lipinski definition) is 4. The maximum atomic E-state index is 12.1. The highest BCUT2D eigenvalue weighted by atomic mass is 16.1. The van der Waals surface area contributed by atoms with E-state index in [2.05, 4.69) is 21.5 Å². The predicted octanol–water partition coefficient (Wildman–Crippen LogP) is 3.33. The Labute approximate surface area is 152 Å². The molecule has 0 radical (unpaired) electrons. The molecule has 0 aliphatic carbocycles. The van der Waals surface area contributed by atoms with E-state index < -0.39 is 0 Å². The van der Waals surface area contributed by atoms with Crippen LogP contribution in [0.5, 0.6) is 0 Å². The number of rotatable bonds is 5. The molecule has 6 heteroatoms. The summed E-state index contributed by atoms with van der Waals surface area (Å²) in [6.07, 6.45) is 2.62. The molecule has 3 rings (SSSR count). The molecule has 0 aliphatic rings. The maximum absolute atomic E-state index is 12.1. The molecule has 0 bridgehead atoms. The van der Waals surface area contributed by atoms with Gasteiger partial charge in [0.05, 0.1) is 29.2 Å². The largest absolute Gasteiger partial charge is 0.325 e. The molecule has 3 aromatic rings. The van der Waals surface area contributed by atoms with Crippen LogP contribution < -0.4 is 5.32 Å². The predicted molar refractivity (Wildman–Crippen MR) is 98.9 cm³/mol. The molecular formula is C20H19N5O. The molecule has 0 spiro atoms. The third-order valence-electron chi connectivity index (χ3n) is 3.98. The van der Waals surface area contributed by atoms with E-state index in [0.717, 1.165) is 17.0 Å². The van der Waals surface area contributed by atoms with E-state index in [-0.39, 0.29) is 5.91 Å². The van der Waals surface area contributed by atoms with E-state index in [1.165, 1.54) is 0 Å². The molecule has 6 nitrogen and oxygen atoms in total. The maximum Gasteiger partial charge on any atom is 0.224 e. The first-order chi connectivity index (χ1) is 12.5. The molecular weight excluding hydrogens is 326 g/mol. The summed E-state index contributed by atoms with van der Waals surface area (Å²) >= 11 is 0. The van der Waals surface area contributed by atoms with Crippen molar-refractivity contribution in [3.8, 4) is 11.9 Å². The second-order valence-electron chi connectivity index (χ2n) is 6.10. The minimum Gasteiger partial charge on any atom is -0.325 e. The average Bonchev–Trinajstić information content (AvgIpc) is 2.99. The van der Waals surface area contributed by atoms with Crippen LogP contribution in [0.4, 0.5) is 5.69 Å². The molecule has 0 saturated heterocycles. The van der Waals surface area contributed by atoms with Gasteiger partial charge in [-0.2, -0.15) is 10.4 Å². The summed E-state index contributed by atoms with van der Waals surface area (Å²) in [5, 5.41) is 16.0. The van der Waals surface area contributed by atoms with Crippen molar-refractivity contribution >= 4 is 11.6 Å². The number of anilines is 1. The number of nitriles is 1. The fourth-order valence-corrected chi connectivity index (χ4v) is 2.67. The van der Waals surface area contributed by atoms with E-state index in [1.807, 2.05) is 44.2 Å². The van der Waals surface area contributed by atoms with E-state index in [9.17, 15) is 4.79 Å². The summed E-state index contributed by atoms with van der Waals surface area (Å²) in [5.74, 6) is 0.640. The summed E-state index contributed by atoms with van der Waals surface area (Å²) in [7, 11) is 0. The first-order valence-corrected chi connectivity index (χ1v) is 8.34.